The molecule has 0 unspecified atom stereocenters. The Hall–Kier alpha value is -1.77. The van der Waals surface area contributed by atoms with Gasteiger partial charge in [0.2, 0.25) is 0 Å². The van der Waals surface area contributed by atoms with Crippen molar-refractivity contribution in [2.45, 2.75) is 13.8 Å². The smallest absolute Gasteiger partial charge is 0.341 e. The van der Waals surface area contributed by atoms with Gasteiger partial charge < -0.3 is 9.47 Å². The minimum atomic E-state index is -0.393. The fourth-order valence-corrected chi connectivity index (χ4v) is 1.48. The predicted octanol–water partition coefficient (Wildman–Crippen LogP) is 2.46. The maximum absolute atomic E-state index is 11.6. The van der Waals surface area contributed by atoms with E-state index < -0.39 is 5.97 Å². The van der Waals surface area contributed by atoms with Gasteiger partial charge >= 0.3 is 5.97 Å². The standard InChI is InChI=1S/C13H16O3/c1-9-5-6-10(2)11(7-9)12(8-15-3)13(14)16-4/h5-8H,1-4H3/b12-8+. The van der Waals surface area contributed by atoms with E-state index in [1.165, 1.54) is 20.5 Å². The molecular weight excluding hydrogens is 204 g/mol. The Labute approximate surface area is 95.7 Å². The number of carbonyl (C=O) groups excluding carboxylic acids is 1. The second-order valence-electron chi connectivity index (χ2n) is 3.58. The van der Waals surface area contributed by atoms with Crippen molar-refractivity contribution in [1.29, 1.82) is 0 Å². The van der Waals surface area contributed by atoms with Gasteiger partial charge in [0.15, 0.2) is 0 Å². The van der Waals surface area contributed by atoms with E-state index in [-0.39, 0.29) is 0 Å². The number of carbonyl (C=O) groups is 1. The van der Waals surface area contributed by atoms with Crippen LogP contribution >= 0.6 is 0 Å². The lowest BCUT2D eigenvalue weighted by molar-refractivity contribution is -0.133. The van der Waals surface area contributed by atoms with Gasteiger partial charge in [-0.05, 0) is 25.0 Å². The second kappa shape index (κ2) is 5.35. The van der Waals surface area contributed by atoms with Crippen LogP contribution in [0.15, 0.2) is 24.5 Å². The van der Waals surface area contributed by atoms with E-state index in [0.717, 1.165) is 16.7 Å². The van der Waals surface area contributed by atoms with E-state index >= 15 is 0 Å². The monoisotopic (exact) mass is 220 g/mol. The van der Waals surface area contributed by atoms with Crippen molar-refractivity contribution in [3.8, 4) is 0 Å². The van der Waals surface area contributed by atoms with Crippen LogP contribution in [0.4, 0.5) is 0 Å². The summed E-state index contributed by atoms with van der Waals surface area (Å²) in [4.78, 5) is 11.6. The Morgan fingerprint density at radius 3 is 2.50 bits per heavy atom. The summed E-state index contributed by atoms with van der Waals surface area (Å²) >= 11 is 0. The molecule has 3 nitrogen and oxygen atoms in total. The summed E-state index contributed by atoms with van der Waals surface area (Å²) < 4.78 is 9.64. The maximum atomic E-state index is 11.6. The highest BCUT2D eigenvalue weighted by Crippen LogP contribution is 2.21. The third-order valence-electron chi connectivity index (χ3n) is 2.32. The Balaban J connectivity index is 3.26. The molecule has 0 amide bonds. The van der Waals surface area contributed by atoms with E-state index in [9.17, 15) is 4.79 Å². The van der Waals surface area contributed by atoms with Crippen LogP contribution < -0.4 is 0 Å². The topological polar surface area (TPSA) is 35.5 Å². The Morgan fingerprint density at radius 2 is 1.94 bits per heavy atom. The zero-order valence-corrected chi connectivity index (χ0v) is 10.0. The fraction of sp³-hybridized carbons (Fsp3) is 0.308. The quantitative estimate of drug-likeness (QED) is 0.446. The zero-order chi connectivity index (χ0) is 12.1. The molecule has 1 aromatic rings. The number of hydrogen-bond acceptors (Lipinski definition) is 3. The average molecular weight is 220 g/mol. The molecule has 0 spiro atoms. The van der Waals surface area contributed by atoms with Gasteiger partial charge in [0.25, 0.3) is 0 Å². The lowest BCUT2D eigenvalue weighted by atomic mass is 9.99. The van der Waals surface area contributed by atoms with Crippen molar-refractivity contribution in [3.63, 3.8) is 0 Å². The molecule has 0 bridgehead atoms. The SMILES string of the molecule is CO/C=C(/C(=O)OC)c1cc(C)ccc1C. The molecule has 0 aliphatic carbocycles. The molecule has 3 heteroatoms. The second-order valence-corrected chi connectivity index (χ2v) is 3.58. The average Bonchev–Trinajstić information content (AvgIpc) is 2.28. The van der Waals surface area contributed by atoms with E-state index in [1.54, 1.807) is 0 Å². The van der Waals surface area contributed by atoms with E-state index in [1.807, 2.05) is 32.0 Å². The summed E-state index contributed by atoms with van der Waals surface area (Å²) in [6, 6.07) is 5.91. The number of methoxy groups -OCH3 is 2. The van der Waals surface area contributed by atoms with Crippen molar-refractivity contribution >= 4 is 11.5 Å². The highest BCUT2D eigenvalue weighted by atomic mass is 16.5. The van der Waals surface area contributed by atoms with Gasteiger partial charge in [0, 0.05) is 0 Å². The van der Waals surface area contributed by atoms with Gasteiger partial charge in [0.1, 0.15) is 5.57 Å². The number of hydrogen-bond donors (Lipinski definition) is 0. The van der Waals surface area contributed by atoms with Gasteiger partial charge in [0.05, 0.1) is 20.5 Å². The first-order valence-electron chi connectivity index (χ1n) is 4.99. The van der Waals surface area contributed by atoms with Gasteiger partial charge in [-0.25, -0.2) is 4.79 Å². The Kier molecular flexibility index (Phi) is 4.11. The van der Waals surface area contributed by atoms with Crippen LogP contribution in [-0.2, 0) is 14.3 Å². The predicted molar refractivity (Wildman–Crippen MR) is 62.9 cm³/mol. The molecular formula is C13H16O3. The van der Waals surface area contributed by atoms with Crippen molar-refractivity contribution in [2.24, 2.45) is 0 Å². The molecule has 0 fully saturated rings. The van der Waals surface area contributed by atoms with Crippen LogP contribution in [-0.4, -0.2) is 20.2 Å². The molecule has 0 atom stereocenters. The molecule has 86 valence electrons. The Morgan fingerprint density at radius 1 is 1.25 bits per heavy atom. The molecule has 0 aliphatic rings. The molecule has 0 heterocycles. The summed E-state index contributed by atoms with van der Waals surface area (Å²) in [7, 11) is 2.87. The van der Waals surface area contributed by atoms with Crippen molar-refractivity contribution < 1.29 is 14.3 Å². The summed E-state index contributed by atoms with van der Waals surface area (Å²) in [5, 5.41) is 0. The first kappa shape index (κ1) is 12.3. The number of aryl methyl sites for hydroxylation is 2. The van der Waals surface area contributed by atoms with Crippen molar-refractivity contribution in [3.05, 3.63) is 41.2 Å². The fourth-order valence-electron chi connectivity index (χ4n) is 1.48. The van der Waals surface area contributed by atoms with E-state index in [2.05, 4.69) is 0 Å². The first-order chi connectivity index (χ1) is 7.60. The van der Waals surface area contributed by atoms with Crippen LogP contribution in [0, 0.1) is 13.8 Å². The van der Waals surface area contributed by atoms with Gasteiger partial charge in [-0.2, -0.15) is 0 Å². The van der Waals surface area contributed by atoms with Gasteiger partial charge in [-0.3, -0.25) is 0 Å². The Bertz CT molecular complexity index is 419. The highest BCUT2D eigenvalue weighted by molar-refractivity contribution is 6.16. The first-order valence-corrected chi connectivity index (χ1v) is 4.99. The summed E-state index contributed by atoms with van der Waals surface area (Å²) in [6.45, 7) is 3.92. The largest absolute Gasteiger partial charge is 0.503 e. The lowest BCUT2D eigenvalue weighted by Crippen LogP contribution is -2.06. The molecule has 1 aromatic carbocycles. The molecule has 0 aliphatic heterocycles. The minimum Gasteiger partial charge on any atom is -0.503 e. The summed E-state index contributed by atoms with van der Waals surface area (Å²) in [6.07, 6.45) is 1.41. The lowest BCUT2D eigenvalue weighted by Gasteiger charge is -2.09. The maximum Gasteiger partial charge on any atom is 0.341 e. The van der Waals surface area contributed by atoms with E-state index in [0.29, 0.717) is 5.57 Å². The van der Waals surface area contributed by atoms with Crippen LogP contribution in [0.1, 0.15) is 16.7 Å². The van der Waals surface area contributed by atoms with Crippen LogP contribution in [0.3, 0.4) is 0 Å². The molecule has 0 radical (unpaired) electrons. The van der Waals surface area contributed by atoms with Gasteiger partial charge in [-0.15, -0.1) is 0 Å². The number of ether oxygens (including phenoxy) is 2. The number of rotatable bonds is 3. The van der Waals surface area contributed by atoms with Gasteiger partial charge in [-0.1, -0.05) is 23.8 Å². The molecule has 0 saturated heterocycles. The van der Waals surface area contributed by atoms with Crippen LogP contribution in [0.25, 0.3) is 5.57 Å². The third kappa shape index (κ3) is 2.63. The third-order valence-corrected chi connectivity index (χ3v) is 2.32. The normalized spacial score (nSPS) is 11.1. The molecule has 0 saturated carbocycles. The molecule has 0 N–H and O–H groups in total. The molecule has 1 rings (SSSR count). The summed E-state index contributed by atoms with van der Waals surface area (Å²) in [5.41, 5.74) is 3.38. The van der Waals surface area contributed by atoms with E-state index in [4.69, 9.17) is 9.47 Å². The van der Waals surface area contributed by atoms with Crippen LogP contribution in [0.2, 0.25) is 0 Å². The number of esters is 1. The minimum absolute atomic E-state index is 0.393. The highest BCUT2D eigenvalue weighted by Gasteiger charge is 2.15. The van der Waals surface area contributed by atoms with Crippen molar-refractivity contribution in [2.75, 3.05) is 14.2 Å². The molecule has 0 aromatic heterocycles. The molecule has 16 heavy (non-hydrogen) atoms. The van der Waals surface area contributed by atoms with Crippen molar-refractivity contribution in [1.82, 2.24) is 0 Å². The van der Waals surface area contributed by atoms with Crippen LogP contribution in [0.5, 0.6) is 0 Å². The number of benzene rings is 1. The summed E-state index contributed by atoms with van der Waals surface area (Å²) in [5.74, 6) is -0.393. The zero-order valence-electron chi connectivity index (χ0n) is 10.0.